The van der Waals surface area contributed by atoms with Gasteiger partial charge in [0.05, 0.1) is 6.07 Å². The molecule has 96 valence electrons. The Morgan fingerprint density at radius 3 is 2.76 bits per heavy atom. The molecule has 3 heteroatoms. The Bertz CT molecular complexity index is 290. The van der Waals surface area contributed by atoms with E-state index in [-0.39, 0.29) is 0 Å². The van der Waals surface area contributed by atoms with Crippen LogP contribution in [0.4, 0.5) is 0 Å². The number of piperidine rings is 1. The molecule has 2 N–H and O–H groups in total. The molecule has 1 saturated carbocycles. The smallest absolute Gasteiger partial charge is 0.102 e. The third-order valence-corrected chi connectivity index (χ3v) is 4.53. The van der Waals surface area contributed by atoms with Crippen molar-refractivity contribution in [1.82, 2.24) is 4.90 Å². The second-order valence-corrected chi connectivity index (χ2v) is 6.07. The van der Waals surface area contributed by atoms with Crippen LogP contribution in [0.5, 0.6) is 0 Å². The van der Waals surface area contributed by atoms with Gasteiger partial charge in [-0.05, 0) is 51.5 Å². The zero-order valence-corrected chi connectivity index (χ0v) is 11.0. The number of hydrogen-bond acceptors (Lipinski definition) is 3. The average Bonchev–Trinajstić information content (AvgIpc) is 2.36. The van der Waals surface area contributed by atoms with Crippen LogP contribution in [-0.4, -0.2) is 29.6 Å². The molecule has 2 rings (SSSR count). The molecule has 1 unspecified atom stereocenters. The first-order valence-electron chi connectivity index (χ1n) is 7.06. The Hall–Kier alpha value is -0.590. The molecule has 0 spiro atoms. The van der Waals surface area contributed by atoms with Gasteiger partial charge in [-0.3, -0.25) is 0 Å². The summed E-state index contributed by atoms with van der Waals surface area (Å²) in [6.07, 6.45) is 9.12. The minimum atomic E-state index is -0.651. The zero-order chi connectivity index (χ0) is 12.3. The molecule has 0 aromatic carbocycles. The lowest BCUT2D eigenvalue weighted by molar-refractivity contribution is 0.0572. The van der Waals surface area contributed by atoms with E-state index in [2.05, 4.69) is 11.0 Å². The van der Waals surface area contributed by atoms with E-state index in [9.17, 15) is 0 Å². The fraction of sp³-hybridized carbons (Fsp3) is 0.929. The monoisotopic (exact) mass is 235 g/mol. The molecular formula is C14H25N3. The standard InChI is InChI=1S/C14H25N3/c1-14(16,11-15)8-10-17-9-4-6-12-5-2-3-7-13(12)17/h12-13H,2-10,16H2,1H3/t12-,13-,14?/m1/s1. The Labute approximate surface area is 105 Å². The van der Waals surface area contributed by atoms with Crippen LogP contribution < -0.4 is 5.73 Å². The number of likely N-dealkylation sites (tertiary alicyclic amines) is 1. The summed E-state index contributed by atoms with van der Waals surface area (Å²) in [6, 6.07) is 2.99. The summed E-state index contributed by atoms with van der Waals surface area (Å²) in [5, 5.41) is 8.96. The van der Waals surface area contributed by atoms with E-state index in [4.69, 9.17) is 11.0 Å². The molecule has 17 heavy (non-hydrogen) atoms. The van der Waals surface area contributed by atoms with Crippen molar-refractivity contribution in [3.8, 4) is 6.07 Å². The van der Waals surface area contributed by atoms with Crippen molar-refractivity contribution in [1.29, 1.82) is 5.26 Å². The average molecular weight is 235 g/mol. The van der Waals surface area contributed by atoms with Crippen molar-refractivity contribution >= 4 is 0 Å². The van der Waals surface area contributed by atoms with Crippen LogP contribution in [0.15, 0.2) is 0 Å². The van der Waals surface area contributed by atoms with Crippen LogP contribution in [0.25, 0.3) is 0 Å². The van der Waals surface area contributed by atoms with Crippen LogP contribution >= 0.6 is 0 Å². The fourth-order valence-corrected chi connectivity index (χ4v) is 3.44. The lowest BCUT2D eigenvalue weighted by atomic mass is 9.78. The first-order valence-corrected chi connectivity index (χ1v) is 7.06. The molecule has 1 saturated heterocycles. The van der Waals surface area contributed by atoms with Gasteiger partial charge in [0.15, 0.2) is 0 Å². The van der Waals surface area contributed by atoms with Gasteiger partial charge in [-0.1, -0.05) is 12.8 Å². The van der Waals surface area contributed by atoms with Crippen LogP contribution in [0.3, 0.4) is 0 Å². The molecule has 3 nitrogen and oxygen atoms in total. The summed E-state index contributed by atoms with van der Waals surface area (Å²) in [4.78, 5) is 2.61. The molecule has 0 amide bonds. The number of nitrogens with zero attached hydrogens (tertiary/aromatic N) is 2. The van der Waals surface area contributed by atoms with E-state index >= 15 is 0 Å². The van der Waals surface area contributed by atoms with Gasteiger partial charge in [0.2, 0.25) is 0 Å². The van der Waals surface area contributed by atoms with Crippen molar-refractivity contribution in [2.45, 2.75) is 63.5 Å². The van der Waals surface area contributed by atoms with Gasteiger partial charge in [-0.25, -0.2) is 0 Å². The molecule has 2 aliphatic rings. The van der Waals surface area contributed by atoms with E-state index in [0.29, 0.717) is 0 Å². The topological polar surface area (TPSA) is 53.1 Å². The van der Waals surface area contributed by atoms with Gasteiger partial charge in [-0.15, -0.1) is 0 Å². The molecule has 0 bridgehead atoms. The lowest BCUT2D eigenvalue weighted by Gasteiger charge is -2.44. The van der Waals surface area contributed by atoms with E-state index in [1.165, 1.54) is 45.1 Å². The van der Waals surface area contributed by atoms with Crippen molar-refractivity contribution < 1.29 is 0 Å². The van der Waals surface area contributed by atoms with Crippen molar-refractivity contribution in [3.05, 3.63) is 0 Å². The highest BCUT2D eigenvalue weighted by atomic mass is 15.2. The van der Waals surface area contributed by atoms with Gasteiger partial charge in [-0.2, -0.15) is 5.26 Å². The number of fused-ring (bicyclic) bond motifs is 1. The summed E-state index contributed by atoms with van der Waals surface area (Å²) < 4.78 is 0. The lowest BCUT2D eigenvalue weighted by Crippen LogP contribution is -2.49. The third-order valence-electron chi connectivity index (χ3n) is 4.53. The highest BCUT2D eigenvalue weighted by molar-refractivity contribution is 5.01. The van der Waals surface area contributed by atoms with Gasteiger partial charge < -0.3 is 10.6 Å². The molecule has 1 heterocycles. The summed E-state index contributed by atoms with van der Waals surface area (Å²) in [6.45, 7) is 4.06. The first-order chi connectivity index (χ1) is 8.12. The number of nitrogens with two attached hydrogens (primary N) is 1. The van der Waals surface area contributed by atoms with Gasteiger partial charge in [0.25, 0.3) is 0 Å². The van der Waals surface area contributed by atoms with E-state index in [1.807, 2.05) is 6.92 Å². The highest BCUT2D eigenvalue weighted by Crippen LogP contribution is 2.35. The second kappa shape index (κ2) is 5.37. The Morgan fingerprint density at radius 2 is 2.00 bits per heavy atom. The van der Waals surface area contributed by atoms with Crippen LogP contribution in [0.2, 0.25) is 0 Å². The normalized spacial score (nSPS) is 33.5. The SMILES string of the molecule is CC(N)(C#N)CCN1CCC[C@H]2CCCC[C@H]21. The van der Waals surface area contributed by atoms with Crippen LogP contribution in [0.1, 0.15) is 51.9 Å². The van der Waals surface area contributed by atoms with Crippen LogP contribution in [0, 0.1) is 17.2 Å². The summed E-state index contributed by atoms with van der Waals surface area (Å²) in [5.74, 6) is 0.920. The first kappa shape index (κ1) is 12.9. The van der Waals surface area contributed by atoms with Crippen LogP contribution in [-0.2, 0) is 0 Å². The number of rotatable bonds is 3. The van der Waals surface area contributed by atoms with Gasteiger partial charge in [0, 0.05) is 12.6 Å². The van der Waals surface area contributed by atoms with E-state index < -0.39 is 5.54 Å². The third kappa shape index (κ3) is 3.20. The molecule has 0 aromatic rings. The summed E-state index contributed by atoms with van der Waals surface area (Å²) >= 11 is 0. The van der Waals surface area contributed by atoms with Crippen molar-refractivity contribution in [3.63, 3.8) is 0 Å². The minimum absolute atomic E-state index is 0.651. The highest BCUT2D eigenvalue weighted by Gasteiger charge is 2.33. The molecule has 1 aliphatic carbocycles. The second-order valence-electron chi connectivity index (χ2n) is 6.07. The molecule has 3 atom stereocenters. The largest absolute Gasteiger partial charge is 0.314 e. The maximum Gasteiger partial charge on any atom is 0.102 e. The summed E-state index contributed by atoms with van der Waals surface area (Å²) in [5.41, 5.74) is 5.26. The van der Waals surface area contributed by atoms with Crippen molar-refractivity contribution in [2.75, 3.05) is 13.1 Å². The maximum atomic E-state index is 8.96. The molecule has 2 fully saturated rings. The predicted octanol–water partition coefficient (Wildman–Crippen LogP) is 2.27. The predicted molar refractivity (Wildman–Crippen MR) is 69.4 cm³/mol. The van der Waals surface area contributed by atoms with Crippen molar-refractivity contribution in [2.24, 2.45) is 11.7 Å². The van der Waals surface area contributed by atoms with E-state index in [1.54, 1.807) is 0 Å². The molecular weight excluding hydrogens is 210 g/mol. The maximum absolute atomic E-state index is 8.96. The molecule has 0 radical (unpaired) electrons. The molecule has 0 aromatic heterocycles. The number of hydrogen-bond donors (Lipinski definition) is 1. The zero-order valence-electron chi connectivity index (χ0n) is 11.0. The Kier molecular flexibility index (Phi) is 4.06. The van der Waals surface area contributed by atoms with E-state index in [0.717, 1.165) is 24.9 Å². The fourth-order valence-electron chi connectivity index (χ4n) is 3.44. The van der Waals surface area contributed by atoms with Gasteiger partial charge in [0.1, 0.15) is 5.54 Å². The molecule has 1 aliphatic heterocycles. The minimum Gasteiger partial charge on any atom is -0.314 e. The van der Waals surface area contributed by atoms with Gasteiger partial charge >= 0.3 is 0 Å². The number of nitriles is 1. The summed E-state index contributed by atoms with van der Waals surface area (Å²) in [7, 11) is 0. The Balaban J connectivity index is 1.89. The quantitative estimate of drug-likeness (QED) is 0.816. The Morgan fingerprint density at radius 1 is 1.29 bits per heavy atom.